The van der Waals surface area contributed by atoms with Gasteiger partial charge in [0.25, 0.3) is 5.56 Å². The maximum atomic E-state index is 12.2. The van der Waals surface area contributed by atoms with Gasteiger partial charge in [-0.3, -0.25) is 4.79 Å². The van der Waals surface area contributed by atoms with E-state index in [9.17, 15) is 4.79 Å². The van der Waals surface area contributed by atoms with E-state index in [0.717, 1.165) is 17.0 Å². The van der Waals surface area contributed by atoms with Gasteiger partial charge in [0.1, 0.15) is 17.4 Å². The highest BCUT2D eigenvalue weighted by molar-refractivity contribution is 5.61. The van der Waals surface area contributed by atoms with Gasteiger partial charge < -0.3 is 9.30 Å². The van der Waals surface area contributed by atoms with Gasteiger partial charge in [-0.05, 0) is 42.0 Å². The third kappa shape index (κ3) is 2.47. The second-order valence-electron chi connectivity index (χ2n) is 4.18. The summed E-state index contributed by atoms with van der Waals surface area (Å²) in [7, 11) is 1.60. The SMILES string of the molecule is C=CCn1c(-c2ccc(OC)cc2)ccc(C#N)c1=O. The first-order valence-corrected chi connectivity index (χ1v) is 6.10. The molecule has 20 heavy (non-hydrogen) atoms. The molecule has 4 nitrogen and oxygen atoms in total. The van der Waals surface area contributed by atoms with Gasteiger partial charge in [0.05, 0.1) is 12.8 Å². The highest BCUT2D eigenvalue weighted by atomic mass is 16.5. The van der Waals surface area contributed by atoms with E-state index in [0.29, 0.717) is 6.54 Å². The number of pyridine rings is 1. The number of hydrogen-bond donors (Lipinski definition) is 0. The van der Waals surface area contributed by atoms with Crippen LogP contribution >= 0.6 is 0 Å². The van der Waals surface area contributed by atoms with Crippen molar-refractivity contribution in [3.05, 3.63) is 65.0 Å². The Labute approximate surface area is 117 Å². The van der Waals surface area contributed by atoms with Crippen molar-refractivity contribution >= 4 is 0 Å². The topological polar surface area (TPSA) is 55.0 Å². The van der Waals surface area contributed by atoms with Gasteiger partial charge in [-0.1, -0.05) is 6.08 Å². The summed E-state index contributed by atoms with van der Waals surface area (Å²) < 4.78 is 6.65. The molecule has 100 valence electrons. The number of benzene rings is 1. The minimum atomic E-state index is -0.305. The molecule has 2 rings (SSSR count). The monoisotopic (exact) mass is 266 g/mol. The predicted octanol–water partition coefficient (Wildman–Crippen LogP) is 2.58. The molecule has 0 saturated heterocycles. The normalized spacial score (nSPS) is 9.80. The van der Waals surface area contributed by atoms with Crippen molar-refractivity contribution in [1.29, 1.82) is 5.26 Å². The third-order valence-electron chi connectivity index (χ3n) is 2.99. The van der Waals surface area contributed by atoms with Crippen LogP contribution in [0.25, 0.3) is 11.3 Å². The maximum absolute atomic E-state index is 12.2. The van der Waals surface area contributed by atoms with E-state index in [1.165, 1.54) is 4.57 Å². The lowest BCUT2D eigenvalue weighted by Crippen LogP contribution is -2.23. The van der Waals surface area contributed by atoms with Gasteiger partial charge in [0.2, 0.25) is 0 Å². The molecule has 2 aromatic rings. The average Bonchev–Trinajstić information content (AvgIpc) is 2.49. The lowest BCUT2D eigenvalue weighted by molar-refractivity contribution is 0.415. The van der Waals surface area contributed by atoms with Crippen LogP contribution in [0.5, 0.6) is 5.75 Å². The van der Waals surface area contributed by atoms with Crippen LogP contribution in [-0.4, -0.2) is 11.7 Å². The van der Waals surface area contributed by atoms with E-state index in [1.54, 1.807) is 25.3 Å². The number of nitriles is 1. The van der Waals surface area contributed by atoms with Crippen molar-refractivity contribution in [2.75, 3.05) is 7.11 Å². The predicted molar refractivity (Wildman–Crippen MR) is 77.6 cm³/mol. The lowest BCUT2D eigenvalue weighted by atomic mass is 10.1. The summed E-state index contributed by atoms with van der Waals surface area (Å²) in [6, 6.07) is 12.6. The molecule has 1 heterocycles. The number of ether oxygens (including phenoxy) is 1. The zero-order valence-corrected chi connectivity index (χ0v) is 11.2. The molecule has 0 radical (unpaired) electrons. The molecule has 0 amide bonds. The van der Waals surface area contributed by atoms with Gasteiger partial charge in [0.15, 0.2) is 0 Å². The van der Waals surface area contributed by atoms with Crippen LogP contribution in [0.4, 0.5) is 0 Å². The fourth-order valence-electron chi connectivity index (χ4n) is 1.99. The minimum absolute atomic E-state index is 0.129. The molecule has 0 aliphatic carbocycles. The van der Waals surface area contributed by atoms with E-state index in [1.807, 2.05) is 30.3 Å². The highest BCUT2D eigenvalue weighted by Gasteiger charge is 2.09. The van der Waals surface area contributed by atoms with Gasteiger partial charge >= 0.3 is 0 Å². The number of aromatic nitrogens is 1. The molecule has 0 N–H and O–H groups in total. The van der Waals surface area contributed by atoms with Crippen molar-refractivity contribution in [3.8, 4) is 23.1 Å². The van der Waals surface area contributed by atoms with E-state index < -0.39 is 0 Å². The van der Waals surface area contributed by atoms with Crippen molar-refractivity contribution in [2.24, 2.45) is 0 Å². The number of allylic oxidation sites excluding steroid dienone is 1. The molecule has 0 atom stereocenters. The van der Waals surface area contributed by atoms with Crippen LogP contribution in [0, 0.1) is 11.3 Å². The van der Waals surface area contributed by atoms with E-state index in [2.05, 4.69) is 6.58 Å². The van der Waals surface area contributed by atoms with E-state index >= 15 is 0 Å². The summed E-state index contributed by atoms with van der Waals surface area (Å²) in [4.78, 5) is 12.2. The molecule has 0 saturated carbocycles. The standard InChI is InChI=1S/C16H14N2O2/c1-3-10-18-15(9-6-13(11-17)16(18)19)12-4-7-14(20-2)8-5-12/h3-9H,1,10H2,2H3. The van der Waals surface area contributed by atoms with Gasteiger partial charge in [-0.15, -0.1) is 6.58 Å². The van der Waals surface area contributed by atoms with Crippen molar-refractivity contribution in [2.45, 2.75) is 6.54 Å². The van der Waals surface area contributed by atoms with Crippen molar-refractivity contribution in [1.82, 2.24) is 4.57 Å². The minimum Gasteiger partial charge on any atom is -0.497 e. The fraction of sp³-hybridized carbons (Fsp3) is 0.125. The van der Waals surface area contributed by atoms with Gasteiger partial charge in [-0.2, -0.15) is 5.26 Å². The molecular formula is C16H14N2O2. The quantitative estimate of drug-likeness (QED) is 0.799. The second-order valence-corrected chi connectivity index (χ2v) is 4.18. The first-order chi connectivity index (χ1) is 9.71. The molecule has 0 bridgehead atoms. The Morgan fingerprint density at radius 3 is 2.55 bits per heavy atom. The highest BCUT2D eigenvalue weighted by Crippen LogP contribution is 2.21. The van der Waals surface area contributed by atoms with E-state index in [4.69, 9.17) is 10.00 Å². The smallest absolute Gasteiger partial charge is 0.269 e. The van der Waals surface area contributed by atoms with Crippen LogP contribution in [0.15, 0.2) is 53.8 Å². The molecule has 0 aliphatic rings. The first kappa shape index (κ1) is 13.6. The molecule has 0 unspecified atom stereocenters. The summed E-state index contributed by atoms with van der Waals surface area (Å²) in [6.07, 6.45) is 1.63. The van der Waals surface area contributed by atoms with Crippen LogP contribution < -0.4 is 10.3 Å². The first-order valence-electron chi connectivity index (χ1n) is 6.10. The number of rotatable bonds is 4. The molecular weight excluding hydrogens is 252 g/mol. The Balaban J connectivity index is 2.61. The molecule has 4 heteroatoms. The molecule has 1 aromatic heterocycles. The number of nitrogens with zero attached hydrogens (tertiary/aromatic N) is 2. The molecule has 0 aliphatic heterocycles. The summed E-state index contributed by atoms with van der Waals surface area (Å²) in [5.74, 6) is 0.750. The van der Waals surface area contributed by atoms with E-state index in [-0.39, 0.29) is 11.1 Å². The molecule has 0 spiro atoms. The van der Waals surface area contributed by atoms with Gasteiger partial charge in [-0.25, -0.2) is 0 Å². The van der Waals surface area contributed by atoms with Gasteiger partial charge in [0, 0.05) is 6.54 Å². The molecule has 1 aromatic carbocycles. The maximum Gasteiger partial charge on any atom is 0.269 e. The second kappa shape index (κ2) is 5.89. The van der Waals surface area contributed by atoms with Crippen LogP contribution in [0.3, 0.4) is 0 Å². The Bertz CT molecular complexity index is 722. The summed E-state index contributed by atoms with van der Waals surface area (Å²) in [6.45, 7) is 4.01. The number of hydrogen-bond acceptors (Lipinski definition) is 3. The van der Waals surface area contributed by atoms with Crippen LogP contribution in [0.1, 0.15) is 5.56 Å². The third-order valence-corrected chi connectivity index (χ3v) is 2.99. The zero-order valence-electron chi connectivity index (χ0n) is 11.2. The summed E-state index contributed by atoms with van der Waals surface area (Å²) in [5, 5.41) is 8.94. The van der Waals surface area contributed by atoms with Crippen LogP contribution in [-0.2, 0) is 6.54 Å². The summed E-state index contributed by atoms with van der Waals surface area (Å²) >= 11 is 0. The number of methoxy groups -OCH3 is 1. The zero-order chi connectivity index (χ0) is 14.5. The Kier molecular flexibility index (Phi) is 4.02. The van der Waals surface area contributed by atoms with Crippen molar-refractivity contribution < 1.29 is 4.74 Å². The Morgan fingerprint density at radius 1 is 1.30 bits per heavy atom. The van der Waals surface area contributed by atoms with Crippen molar-refractivity contribution in [3.63, 3.8) is 0 Å². The van der Waals surface area contributed by atoms with Crippen LogP contribution in [0.2, 0.25) is 0 Å². The Morgan fingerprint density at radius 2 is 2.00 bits per heavy atom. The molecule has 0 fully saturated rings. The summed E-state index contributed by atoms with van der Waals surface area (Å²) in [5.41, 5.74) is 1.45. The largest absolute Gasteiger partial charge is 0.497 e. The fourth-order valence-corrected chi connectivity index (χ4v) is 1.99. The Hall–Kier alpha value is -2.80. The lowest BCUT2D eigenvalue weighted by Gasteiger charge is -2.12. The average molecular weight is 266 g/mol.